The predicted molar refractivity (Wildman–Crippen MR) is 285 cm³/mol. The first kappa shape index (κ1) is 37.5. The normalized spacial score (nSPS) is 13.0. The Bertz CT molecular complexity index is 3870. The van der Waals surface area contributed by atoms with E-state index < -0.39 is 5.41 Å². The Morgan fingerprint density at radius 2 is 0.742 bits per heavy atom. The molecule has 0 saturated carbocycles. The number of nitrogens with zero attached hydrogens (tertiary/aromatic N) is 1. The number of fused-ring (bicyclic) bond motifs is 13. The molecule has 308 valence electrons. The summed E-state index contributed by atoms with van der Waals surface area (Å²) in [6, 6.07) is 88.3. The second-order valence-corrected chi connectivity index (χ2v) is 19.5. The van der Waals surface area contributed by atoms with Crippen LogP contribution >= 0.6 is 22.7 Å². The molecular formula is C63H39NS2. The Balaban J connectivity index is 1.06. The molecule has 0 saturated heterocycles. The number of rotatable bonds is 6. The van der Waals surface area contributed by atoms with Gasteiger partial charge < -0.3 is 4.90 Å². The van der Waals surface area contributed by atoms with E-state index in [1.807, 2.05) is 22.7 Å². The minimum absolute atomic E-state index is 0.504. The molecule has 0 radical (unpaired) electrons. The lowest BCUT2D eigenvalue weighted by Gasteiger charge is -2.34. The summed E-state index contributed by atoms with van der Waals surface area (Å²) in [6.07, 6.45) is 0. The van der Waals surface area contributed by atoms with Gasteiger partial charge in [-0.05, 0) is 84.8 Å². The van der Waals surface area contributed by atoms with E-state index in [2.05, 4.69) is 241 Å². The fourth-order valence-electron chi connectivity index (χ4n) is 11.3. The molecule has 14 rings (SSSR count). The van der Waals surface area contributed by atoms with Crippen LogP contribution in [0, 0.1) is 0 Å². The van der Waals surface area contributed by atoms with Gasteiger partial charge in [0.1, 0.15) is 0 Å². The van der Waals surface area contributed by atoms with Crippen molar-refractivity contribution in [2.45, 2.75) is 5.41 Å². The van der Waals surface area contributed by atoms with E-state index >= 15 is 0 Å². The SMILES string of the molecule is c1ccc(C2(c3ccccc3)c3ccccc3-c3ccc(-c4ccccc4N(c4cccc5c4sc4c6ccccc6ccc54)c4cccc5c4sc4c6ccccc6ccc54)cc32)cc1. The summed E-state index contributed by atoms with van der Waals surface area (Å²) >= 11 is 3.83. The van der Waals surface area contributed by atoms with Crippen LogP contribution in [0.2, 0.25) is 0 Å². The number of hydrogen-bond acceptors (Lipinski definition) is 3. The second kappa shape index (κ2) is 14.6. The van der Waals surface area contributed by atoms with Gasteiger partial charge in [-0.2, -0.15) is 0 Å². The Hall–Kier alpha value is -7.82. The fourth-order valence-corrected chi connectivity index (χ4v) is 14.0. The third-order valence-electron chi connectivity index (χ3n) is 14.1. The minimum atomic E-state index is -0.504. The van der Waals surface area contributed by atoms with Crippen molar-refractivity contribution < 1.29 is 0 Å². The number of anilines is 3. The monoisotopic (exact) mass is 873 g/mol. The van der Waals surface area contributed by atoms with Crippen LogP contribution in [0.15, 0.2) is 237 Å². The molecule has 0 spiro atoms. The predicted octanol–water partition coefficient (Wildman–Crippen LogP) is 18.2. The molecule has 2 heterocycles. The van der Waals surface area contributed by atoms with Gasteiger partial charge in [-0.15, -0.1) is 22.7 Å². The lowest BCUT2D eigenvalue weighted by Crippen LogP contribution is -2.28. The highest BCUT2D eigenvalue weighted by Crippen LogP contribution is 2.58. The summed E-state index contributed by atoms with van der Waals surface area (Å²) in [5, 5.41) is 10.3. The maximum absolute atomic E-state index is 2.58. The molecule has 0 aliphatic heterocycles. The van der Waals surface area contributed by atoms with Crippen LogP contribution in [0.5, 0.6) is 0 Å². The van der Waals surface area contributed by atoms with Crippen LogP contribution in [0.4, 0.5) is 17.1 Å². The van der Waals surface area contributed by atoms with Crippen LogP contribution in [0.3, 0.4) is 0 Å². The summed E-state index contributed by atoms with van der Waals surface area (Å²) in [6.45, 7) is 0. The summed E-state index contributed by atoms with van der Waals surface area (Å²) < 4.78 is 5.20. The molecule has 13 aromatic rings. The summed E-state index contributed by atoms with van der Waals surface area (Å²) in [5.74, 6) is 0. The Labute approximate surface area is 390 Å². The van der Waals surface area contributed by atoms with E-state index in [0.29, 0.717) is 0 Å². The molecule has 0 unspecified atom stereocenters. The smallest absolute Gasteiger partial charge is 0.0713 e. The maximum atomic E-state index is 2.58. The van der Waals surface area contributed by atoms with E-state index in [9.17, 15) is 0 Å². The highest BCUT2D eigenvalue weighted by molar-refractivity contribution is 7.28. The topological polar surface area (TPSA) is 3.24 Å². The average Bonchev–Trinajstić information content (AvgIpc) is 4.07. The standard InChI is InChI=1S/C63H39NS2/c1-3-19-43(20-4-1)63(44-21-5-2-6-22-44)54-29-13-11-26-48(54)49-36-35-42(39-55(49)63)45-23-12-14-30-56(45)64(57-31-15-27-50-52-37-33-40-17-7-9-24-46(40)59(52)65-61(50)57)58-32-16-28-51-53-38-34-41-18-8-10-25-47(41)60(53)66-62(51)58/h1-39H. The van der Waals surface area contributed by atoms with Crippen LogP contribution < -0.4 is 4.90 Å². The number of benzene rings is 11. The summed E-state index contributed by atoms with van der Waals surface area (Å²) in [5.41, 5.74) is 13.1. The van der Waals surface area contributed by atoms with Crippen molar-refractivity contribution in [3.63, 3.8) is 0 Å². The van der Waals surface area contributed by atoms with Gasteiger partial charge in [0.2, 0.25) is 0 Å². The number of para-hydroxylation sites is 1. The summed E-state index contributed by atoms with van der Waals surface area (Å²) in [7, 11) is 0. The highest BCUT2D eigenvalue weighted by atomic mass is 32.1. The minimum Gasteiger partial charge on any atom is -0.307 e. The third kappa shape index (κ3) is 5.33. The molecular weight excluding hydrogens is 835 g/mol. The zero-order chi connectivity index (χ0) is 43.3. The fraction of sp³-hybridized carbons (Fsp3) is 0.0159. The van der Waals surface area contributed by atoms with E-state index in [1.54, 1.807) is 0 Å². The quantitative estimate of drug-likeness (QED) is 0.161. The van der Waals surface area contributed by atoms with Crippen molar-refractivity contribution in [2.24, 2.45) is 0 Å². The van der Waals surface area contributed by atoms with Crippen molar-refractivity contribution in [3.8, 4) is 22.3 Å². The van der Waals surface area contributed by atoms with Crippen molar-refractivity contribution in [1.82, 2.24) is 0 Å². The molecule has 3 heteroatoms. The van der Waals surface area contributed by atoms with Gasteiger partial charge in [-0.1, -0.05) is 212 Å². The molecule has 0 bridgehead atoms. The van der Waals surface area contributed by atoms with Gasteiger partial charge in [0.15, 0.2) is 0 Å². The van der Waals surface area contributed by atoms with Gasteiger partial charge in [0, 0.05) is 36.5 Å². The van der Waals surface area contributed by atoms with E-state index in [4.69, 9.17) is 0 Å². The molecule has 0 fully saturated rings. The Morgan fingerprint density at radius 3 is 1.35 bits per heavy atom. The molecule has 2 aromatic heterocycles. The molecule has 11 aromatic carbocycles. The zero-order valence-electron chi connectivity index (χ0n) is 35.8. The van der Waals surface area contributed by atoms with Gasteiger partial charge in [-0.3, -0.25) is 0 Å². The maximum Gasteiger partial charge on any atom is 0.0713 e. The lowest BCUT2D eigenvalue weighted by molar-refractivity contribution is 0.769. The van der Waals surface area contributed by atoms with Gasteiger partial charge >= 0.3 is 0 Å². The third-order valence-corrected chi connectivity index (χ3v) is 16.7. The molecule has 66 heavy (non-hydrogen) atoms. The van der Waals surface area contributed by atoms with Crippen molar-refractivity contribution in [2.75, 3.05) is 4.90 Å². The Kier molecular flexibility index (Phi) is 8.31. The summed E-state index contributed by atoms with van der Waals surface area (Å²) in [4.78, 5) is 2.58. The number of hydrogen-bond donors (Lipinski definition) is 0. The Morgan fingerprint density at radius 1 is 0.288 bits per heavy atom. The molecule has 1 nitrogen and oxygen atoms in total. The molecule has 0 N–H and O–H groups in total. The zero-order valence-corrected chi connectivity index (χ0v) is 37.4. The first-order chi connectivity index (χ1) is 32.8. The van der Waals surface area contributed by atoms with E-state index in [0.717, 1.165) is 5.69 Å². The van der Waals surface area contributed by atoms with Crippen molar-refractivity contribution in [1.29, 1.82) is 0 Å². The van der Waals surface area contributed by atoms with Crippen molar-refractivity contribution in [3.05, 3.63) is 259 Å². The largest absolute Gasteiger partial charge is 0.307 e. The van der Waals surface area contributed by atoms with Crippen LogP contribution in [-0.2, 0) is 5.41 Å². The molecule has 0 atom stereocenters. The van der Waals surface area contributed by atoms with E-state index in [-0.39, 0.29) is 0 Å². The van der Waals surface area contributed by atoms with Crippen molar-refractivity contribution >= 4 is 102 Å². The van der Waals surface area contributed by atoms with Gasteiger partial charge in [-0.25, -0.2) is 0 Å². The molecule has 1 aliphatic rings. The highest BCUT2D eigenvalue weighted by Gasteiger charge is 2.46. The van der Waals surface area contributed by atoms with Crippen LogP contribution in [-0.4, -0.2) is 0 Å². The van der Waals surface area contributed by atoms with Gasteiger partial charge in [0.25, 0.3) is 0 Å². The molecule has 0 amide bonds. The number of thiophene rings is 2. The average molecular weight is 874 g/mol. The first-order valence-corrected chi connectivity index (χ1v) is 24.3. The van der Waals surface area contributed by atoms with E-state index in [1.165, 1.54) is 118 Å². The van der Waals surface area contributed by atoms with Crippen LogP contribution in [0.1, 0.15) is 22.3 Å². The lowest BCUT2D eigenvalue weighted by atomic mass is 9.67. The van der Waals surface area contributed by atoms with Gasteiger partial charge in [0.05, 0.1) is 31.9 Å². The first-order valence-electron chi connectivity index (χ1n) is 22.7. The second-order valence-electron chi connectivity index (χ2n) is 17.5. The van der Waals surface area contributed by atoms with Crippen LogP contribution in [0.25, 0.3) is 84.1 Å². The molecule has 1 aliphatic carbocycles.